The highest BCUT2D eigenvalue weighted by atomic mass is 35.5. The molecule has 4 rings (SSSR count). The van der Waals surface area contributed by atoms with Gasteiger partial charge in [-0.3, -0.25) is 14.8 Å². The monoisotopic (exact) mass is 475 g/mol. The molecule has 2 aromatic carbocycles. The molecule has 2 aromatic heterocycles. The van der Waals surface area contributed by atoms with E-state index in [4.69, 9.17) is 11.6 Å². The number of hydrogen-bond donors (Lipinski definition) is 2. The molecular formula is C21H13ClF3N5O3. The minimum absolute atomic E-state index is 0.109. The van der Waals surface area contributed by atoms with Gasteiger partial charge in [0.2, 0.25) is 5.82 Å². The second kappa shape index (κ2) is 8.79. The number of ether oxygens (including phenoxy) is 1. The summed E-state index contributed by atoms with van der Waals surface area (Å²) in [6.07, 6.45) is -2.11. The van der Waals surface area contributed by atoms with E-state index in [1.54, 1.807) is 18.2 Å². The van der Waals surface area contributed by atoms with Gasteiger partial charge in [-0.2, -0.15) is 5.10 Å². The SMILES string of the molecule is O=c1c(N/N=C/c2ccc(Cl)cc2O)nc2cccnc2n1-c1ccc(OC(F)(F)F)cc1. The number of phenolic OH excluding ortho intramolecular Hbond substituents is 1. The van der Waals surface area contributed by atoms with Crippen LogP contribution in [-0.2, 0) is 0 Å². The lowest BCUT2D eigenvalue weighted by Gasteiger charge is -2.12. The number of phenols is 1. The highest BCUT2D eigenvalue weighted by Crippen LogP contribution is 2.24. The number of pyridine rings is 1. The third kappa shape index (κ3) is 5.04. The van der Waals surface area contributed by atoms with Gasteiger partial charge >= 0.3 is 11.9 Å². The molecule has 0 aliphatic heterocycles. The van der Waals surface area contributed by atoms with Crippen LogP contribution in [0.5, 0.6) is 11.5 Å². The van der Waals surface area contributed by atoms with E-state index in [1.165, 1.54) is 41.2 Å². The first-order chi connectivity index (χ1) is 15.7. The fourth-order valence-electron chi connectivity index (χ4n) is 2.92. The lowest BCUT2D eigenvalue weighted by molar-refractivity contribution is -0.274. The summed E-state index contributed by atoms with van der Waals surface area (Å²) in [6, 6.07) is 12.4. The number of alkyl halides is 3. The predicted molar refractivity (Wildman–Crippen MR) is 116 cm³/mol. The Morgan fingerprint density at radius 1 is 1.15 bits per heavy atom. The molecule has 33 heavy (non-hydrogen) atoms. The van der Waals surface area contributed by atoms with E-state index in [1.807, 2.05) is 0 Å². The summed E-state index contributed by atoms with van der Waals surface area (Å²) < 4.78 is 42.4. The summed E-state index contributed by atoms with van der Waals surface area (Å²) in [4.78, 5) is 21.5. The highest BCUT2D eigenvalue weighted by molar-refractivity contribution is 6.30. The van der Waals surface area contributed by atoms with Gasteiger partial charge in [0, 0.05) is 16.8 Å². The summed E-state index contributed by atoms with van der Waals surface area (Å²) in [5, 5.41) is 14.2. The standard InChI is InChI=1S/C21H13ClF3N5O3/c22-13-4-3-12(17(31)10-13)11-27-29-18-20(32)30(19-16(28-18)2-1-9-26-19)14-5-7-15(8-6-14)33-21(23,24)25/h1-11,31H,(H,28,29)/b27-11+. The molecule has 0 fully saturated rings. The topological polar surface area (TPSA) is 102 Å². The lowest BCUT2D eigenvalue weighted by atomic mass is 10.2. The van der Waals surface area contributed by atoms with Gasteiger partial charge in [-0.1, -0.05) is 11.6 Å². The number of aromatic nitrogens is 3. The predicted octanol–water partition coefficient (Wildman–Crippen LogP) is 4.48. The summed E-state index contributed by atoms with van der Waals surface area (Å²) in [5.74, 6) is -0.713. The van der Waals surface area contributed by atoms with E-state index < -0.39 is 17.7 Å². The maximum absolute atomic E-state index is 13.1. The zero-order valence-electron chi connectivity index (χ0n) is 16.4. The van der Waals surface area contributed by atoms with Crippen molar-refractivity contribution >= 4 is 34.8 Å². The zero-order chi connectivity index (χ0) is 23.6. The van der Waals surface area contributed by atoms with E-state index in [0.29, 0.717) is 16.1 Å². The molecule has 0 spiro atoms. The van der Waals surface area contributed by atoms with Crippen molar-refractivity contribution in [1.29, 1.82) is 0 Å². The number of rotatable bonds is 5. The van der Waals surface area contributed by atoms with Crippen LogP contribution in [0.3, 0.4) is 0 Å². The molecule has 12 heteroatoms. The van der Waals surface area contributed by atoms with Crippen molar-refractivity contribution in [3.63, 3.8) is 0 Å². The fourth-order valence-corrected chi connectivity index (χ4v) is 3.08. The van der Waals surface area contributed by atoms with Crippen LogP contribution in [0.2, 0.25) is 5.02 Å². The molecular weight excluding hydrogens is 463 g/mol. The second-order valence-corrected chi connectivity index (χ2v) is 7.00. The molecule has 0 radical (unpaired) electrons. The molecule has 0 amide bonds. The van der Waals surface area contributed by atoms with Gasteiger partial charge in [0.1, 0.15) is 17.0 Å². The van der Waals surface area contributed by atoms with Crippen LogP contribution >= 0.6 is 11.6 Å². The number of hydrogen-bond acceptors (Lipinski definition) is 7. The second-order valence-electron chi connectivity index (χ2n) is 6.56. The molecule has 8 nitrogen and oxygen atoms in total. The van der Waals surface area contributed by atoms with Gasteiger partial charge in [-0.15, -0.1) is 13.2 Å². The molecule has 0 saturated heterocycles. The van der Waals surface area contributed by atoms with Gasteiger partial charge in [-0.05, 0) is 54.6 Å². The van der Waals surface area contributed by atoms with Gasteiger partial charge in [0.15, 0.2) is 5.65 Å². The number of nitrogens with zero attached hydrogens (tertiary/aromatic N) is 4. The lowest BCUT2D eigenvalue weighted by Crippen LogP contribution is -2.24. The van der Waals surface area contributed by atoms with Crippen LogP contribution < -0.4 is 15.7 Å². The molecule has 0 aliphatic rings. The number of hydrazone groups is 1. The molecule has 2 N–H and O–H groups in total. The highest BCUT2D eigenvalue weighted by Gasteiger charge is 2.31. The number of anilines is 1. The van der Waals surface area contributed by atoms with E-state index in [9.17, 15) is 23.1 Å². The summed E-state index contributed by atoms with van der Waals surface area (Å²) >= 11 is 5.80. The maximum Gasteiger partial charge on any atom is 0.573 e. The van der Waals surface area contributed by atoms with Gasteiger partial charge in [0.05, 0.1) is 11.9 Å². The van der Waals surface area contributed by atoms with Crippen molar-refractivity contribution < 1.29 is 23.0 Å². The number of benzene rings is 2. The van der Waals surface area contributed by atoms with Crippen LogP contribution in [0.15, 0.2) is 70.7 Å². The van der Waals surface area contributed by atoms with Crippen LogP contribution in [0.25, 0.3) is 16.9 Å². The smallest absolute Gasteiger partial charge is 0.507 e. The Hall–Kier alpha value is -4.12. The summed E-state index contributed by atoms with van der Waals surface area (Å²) in [5.41, 5.74) is 2.98. The number of halogens is 4. The van der Waals surface area contributed by atoms with Crippen LogP contribution in [0, 0.1) is 0 Å². The van der Waals surface area contributed by atoms with Crippen molar-refractivity contribution in [1.82, 2.24) is 14.5 Å². The van der Waals surface area contributed by atoms with Crippen LogP contribution in [-0.4, -0.2) is 32.2 Å². The van der Waals surface area contributed by atoms with Gasteiger partial charge < -0.3 is 9.84 Å². The number of nitrogens with one attached hydrogen (secondary N) is 1. The zero-order valence-corrected chi connectivity index (χ0v) is 17.2. The third-order valence-corrected chi connectivity index (χ3v) is 4.55. The average Bonchev–Trinajstić information content (AvgIpc) is 2.75. The molecule has 0 unspecified atom stereocenters. The Labute approximate surface area is 188 Å². The molecule has 0 bridgehead atoms. The van der Waals surface area contributed by atoms with E-state index in [0.717, 1.165) is 12.1 Å². The van der Waals surface area contributed by atoms with Gasteiger partial charge in [0.25, 0.3) is 0 Å². The number of fused-ring (bicyclic) bond motifs is 1. The first-order valence-electron chi connectivity index (χ1n) is 9.23. The molecule has 0 aliphatic carbocycles. The van der Waals surface area contributed by atoms with Crippen molar-refractivity contribution in [3.8, 4) is 17.2 Å². The molecule has 168 valence electrons. The Morgan fingerprint density at radius 2 is 1.91 bits per heavy atom. The van der Waals surface area contributed by atoms with E-state index >= 15 is 0 Å². The van der Waals surface area contributed by atoms with E-state index in [2.05, 4.69) is 25.2 Å². The Bertz CT molecular complexity index is 1410. The normalized spacial score (nSPS) is 11.8. The van der Waals surface area contributed by atoms with Crippen molar-refractivity contribution in [2.75, 3.05) is 5.43 Å². The Kier molecular flexibility index (Phi) is 5.88. The van der Waals surface area contributed by atoms with Crippen molar-refractivity contribution in [3.05, 3.63) is 81.7 Å². The molecule has 0 saturated carbocycles. The largest absolute Gasteiger partial charge is 0.573 e. The van der Waals surface area contributed by atoms with E-state index in [-0.39, 0.29) is 22.9 Å². The average molecular weight is 476 g/mol. The molecule has 4 aromatic rings. The molecule has 2 heterocycles. The van der Waals surface area contributed by atoms with Crippen molar-refractivity contribution in [2.24, 2.45) is 5.10 Å². The summed E-state index contributed by atoms with van der Waals surface area (Å²) in [7, 11) is 0. The minimum atomic E-state index is -4.84. The number of aromatic hydroxyl groups is 1. The molecule has 0 atom stereocenters. The first kappa shape index (κ1) is 22.1. The minimum Gasteiger partial charge on any atom is -0.507 e. The third-order valence-electron chi connectivity index (χ3n) is 4.31. The Balaban J connectivity index is 1.72. The van der Waals surface area contributed by atoms with Crippen molar-refractivity contribution in [2.45, 2.75) is 6.36 Å². The quantitative estimate of drug-likeness (QED) is 0.326. The van der Waals surface area contributed by atoms with Gasteiger partial charge in [-0.25, -0.2) is 9.97 Å². The van der Waals surface area contributed by atoms with Crippen LogP contribution in [0.4, 0.5) is 19.0 Å². The fraction of sp³-hybridized carbons (Fsp3) is 0.0476. The maximum atomic E-state index is 13.1. The Morgan fingerprint density at radius 3 is 2.61 bits per heavy atom. The summed E-state index contributed by atoms with van der Waals surface area (Å²) in [6.45, 7) is 0. The first-order valence-corrected chi connectivity index (χ1v) is 9.60. The van der Waals surface area contributed by atoms with Crippen LogP contribution in [0.1, 0.15) is 5.56 Å².